The molecule has 388 valence electrons. The van der Waals surface area contributed by atoms with Gasteiger partial charge in [-0.15, -0.1) is 0 Å². The van der Waals surface area contributed by atoms with E-state index in [0.29, 0.717) is 6.42 Å². The summed E-state index contributed by atoms with van der Waals surface area (Å²) in [5, 5.41) is 0. The van der Waals surface area contributed by atoms with Crippen molar-refractivity contribution in [2.45, 2.75) is 315 Å². The average molecular weight is 944 g/mol. The summed E-state index contributed by atoms with van der Waals surface area (Å²) in [7, 11) is -4.36. The molecule has 0 saturated heterocycles. The number of rotatable bonds is 55. The number of ether oxygens (including phenoxy) is 2. The summed E-state index contributed by atoms with van der Waals surface area (Å²) in [6.45, 7) is 3.71. The Morgan fingerprint density at radius 1 is 0.400 bits per heavy atom. The zero-order valence-electron chi connectivity index (χ0n) is 43.3. The van der Waals surface area contributed by atoms with Crippen molar-refractivity contribution < 1.29 is 37.6 Å². The summed E-state index contributed by atoms with van der Waals surface area (Å²) in [4.78, 5) is 34.7. The lowest BCUT2D eigenvalue weighted by Crippen LogP contribution is -2.29. The second-order valence-corrected chi connectivity index (χ2v) is 21.0. The minimum absolute atomic E-state index is 0.0577. The summed E-state index contributed by atoms with van der Waals surface area (Å²) in [6, 6.07) is 0. The summed E-state index contributed by atoms with van der Waals surface area (Å²) in [5.41, 5.74) is 5.34. The molecule has 0 aromatic heterocycles. The van der Waals surface area contributed by atoms with Gasteiger partial charge in [-0.05, 0) is 12.8 Å². The highest BCUT2D eigenvalue weighted by Crippen LogP contribution is 2.43. The molecule has 10 heteroatoms. The summed E-state index contributed by atoms with van der Waals surface area (Å²) >= 11 is 0. The van der Waals surface area contributed by atoms with Gasteiger partial charge in [-0.25, -0.2) is 4.57 Å². The first-order valence-corrected chi connectivity index (χ1v) is 30.0. The lowest BCUT2D eigenvalue weighted by atomic mass is 10.0. The van der Waals surface area contributed by atoms with Crippen LogP contribution < -0.4 is 5.73 Å². The van der Waals surface area contributed by atoms with Crippen LogP contribution in [0.3, 0.4) is 0 Å². The van der Waals surface area contributed by atoms with E-state index in [1.54, 1.807) is 0 Å². The second-order valence-electron chi connectivity index (χ2n) is 19.5. The Morgan fingerprint density at radius 2 is 0.662 bits per heavy atom. The number of phosphoric acid groups is 1. The molecule has 0 aliphatic heterocycles. The number of nitrogens with two attached hydrogens (primary N) is 1. The van der Waals surface area contributed by atoms with Crippen LogP contribution in [0.25, 0.3) is 0 Å². The minimum atomic E-state index is -4.36. The van der Waals surface area contributed by atoms with E-state index in [2.05, 4.69) is 13.8 Å². The van der Waals surface area contributed by atoms with Crippen LogP contribution in [0.1, 0.15) is 309 Å². The first kappa shape index (κ1) is 64.0. The Hall–Kier alpha value is -0.990. The number of hydrogen-bond acceptors (Lipinski definition) is 8. The van der Waals surface area contributed by atoms with Crippen molar-refractivity contribution in [2.75, 3.05) is 26.4 Å². The van der Waals surface area contributed by atoms with E-state index >= 15 is 0 Å². The van der Waals surface area contributed by atoms with E-state index in [1.807, 2.05) is 0 Å². The third kappa shape index (κ3) is 52.2. The molecule has 2 unspecified atom stereocenters. The number of esters is 2. The Balaban J connectivity index is 3.58. The van der Waals surface area contributed by atoms with Crippen molar-refractivity contribution >= 4 is 19.8 Å². The zero-order valence-corrected chi connectivity index (χ0v) is 44.2. The smallest absolute Gasteiger partial charge is 0.462 e. The normalized spacial score (nSPS) is 13.0. The van der Waals surface area contributed by atoms with E-state index < -0.39 is 26.5 Å². The van der Waals surface area contributed by atoms with Gasteiger partial charge in [-0.1, -0.05) is 284 Å². The van der Waals surface area contributed by atoms with Crippen molar-refractivity contribution in [1.29, 1.82) is 0 Å². The molecular formula is C55H110NO8P. The standard InChI is InChI=1S/C55H110NO8P/c1-3-5-7-9-11-12-13-14-15-16-17-18-19-20-21-22-23-24-25-26-27-28-29-30-31-32-33-34-35-36-37-38-39-40-41-42-44-46-48-55(58)64-53(52-63-65(59,60)62-50-49-56)51-61-54(57)47-45-43-10-8-6-4-2/h53H,3-52,56H2,1-2H3,(H,59,60). The van der Waals surface area contributed by atoms with E-state index in [9.17, 15) is 19.0 Å². The molecule has 0 fully saturated rings. The van der Waals surface area contributed by atoms with Crippen LogP contribution in [0.5, 0.6) is 0 Å². The van der Waals surface area contributed by atoms with Gasteiger partial charge in [0, 0.05) is 19.4 Å². The summed E-state index contributed by atoms with van der Waals surface area (Å²) in [6.07, 6.45) is 58.2. The molecule has 0 saturated carbocycles. The first-order chi connectivity index (χ1) is 31.8. The van der Waals surface area contributed by atoms with Gasteiger partial charge in [0.05, 0.1) is 13.2 Å². The molecule has 0 aromatic rings. The number of hydrogen-bond donors (Lipinski definition) is 2. The SMILES string of the molecule is CCCCCCCCCCCCCCCCCCCCCCCCCCCCCCCCCCCCCCCCC(=O)OC(COC(=O)CCCCCCCC)COP(=O)(O)OCCN. The fourth-order valence-electron chi connectivity index (χ4n) is 8.76. The molecule has 3 N–H and O–H groups in total. The molecule has 65 heavy (non-hydrogen) atoms. The predicted molar refractivity (Wildman–Crippen MR) is 275 cm³/mol. The van der Waals surface area contributed by atoms with E-state index in [4.69, 9.17) is 24.3 Å². The number of carbonyl (C=O) groups excluding carboxylic acids is 2. The molecule has 0 rings (SSSR count). The van der Waals surface area contributed by atoms with Gasteiger partial charge in [-0.3, -0.25) is 18.6 Å². The Labute approximate surface area is 403 Å². The molecule has 2 atom stereocenters. The zero-order chi connectivity index (χ0) is 47.4. The van der Waals surface area contributed by atoms with Crippen LogP contribution in [-0.2, 0) is 32.7 Å². The minimum Gasteiger partial charge on any atom is -0.462 e. The topological polar surface area (TPSA) is 134 Å². The highest BCUT2D eigenvalue weighted by atomic mass is 31.2. The van der Waals surface area contributed by atoms with Gasteiger partial charge in [-0.2, -0.15) is 0 Å². The maximum Gasteiger partial charge on any atom is 0.472 e. The van der Waals surface area contributed by atoms with Crippen LogP contribution in [0.4, 0.5) is 0 Å². The van der Waals surface area contributed by atoms with Crippen LogP contribution >= 0.6 is 7.82 Å². The maximum absolute atomic E-state index is 12.6. The highest BCUT2D eigenvalue weighted by Gasteiger charge is 2.26. The third-order valence-corrected chi connectivity index (χ3v) is 14.0. The van der Waals surface area contributed by atoms with Gasteiger partial charge in [0.2, 0.25) is 0 Å². The molecular weight excluding hydrogens is 834 g/mol. The van der Waals surface area contributed by atoms with Crippen molar-refractivity contribution in [2.24, 2.45) is 5.73 Å². The Bertz CT molecular complexity index is 1030. The van der Waals surface area contributed by atoms with Crippen LogP contribution in [0.2, 0.25) is 0 Å². The third-order valence-electron chi connectivity index (χ3n) is 13.0. The largest absolute Gasteiger partial charge is 0.472 e. The lowest BCUT2D eigenvalue weighted by Gasteiger charge is -2.19. The van der Waals surface area contributed by atoms with Gasteiger partial charge < -0.3 is 20.1 Å². The number of unbranched alkanes of at least 4 members (excludes halogenated alkanes) is 42. The van der Waals surface area contributed by atoms with Crippen LogP contribution in [0, 0.1) is 0 Å². The fraction of sp³-hybridized carbons (Fsp3) is 0.964. The van der Waals surface area contributed by atoms with E-state index in [0.717, 1.165) is 38.5 Å². The second kappa shape index (κ2) is 52.4. The molecule has 0 radical (unpaired) electrons. The highest BCUT2D eigenvalue weighted by molar-refractivity contribution is 7.47. The quantitative estimate of drug-likeness (QED) is 0.0347. The number of carbonyl (C=O) groups is 2. The summed E-state index contributed by atoms with van der Waals surface area (Å²) in [5.74, 6) is -0.822. The van der Waals surface area contributed by atoms with Gasteiger partial charge in [0.25, 0.3) is 0 Å². The molecule has 0 spiro atoms. The Morgan fingerprint density at radius 3 is 0.938 bits per heavy atom. The predicted octanol–water partition coefficient (Wildman–Crippen LogP) is 17.5. The Kier molecular flexibility index (Phi) is 51.6. The molecule has 0 aromatic carbocycles. The van der Waals surface area contributed by atoms with Gasteiger partial charge in [0.1, 0.15) is 6.61 Å². The van der Waals surface area contributed by atoms with Crippen molar-refractivity contribution in [3.8, 4) is 0 Å². The maximum atomic E-state index is 12.6. The van der Waals surface area contributed by atoms with Crippen LogP contribution in [-0.4, -0.2) is 49.3 Å². The monoisotopic (exact) mass is 944 g/mol. The summed E-state index contributed by atoms with van der Waals surface area (Å²) < 4.78 is 32.7. The van der Waals surface area contributed by atoms with Crippen molar-refractivity contribution in [3.05, 3.63) is 0 Å². The molecule has 9 nitrogen and oxygen atoms in total. The molecule has 0 heterocycles. The number of phosphoric ester groups is 1. The molecule has 0 amide bonds. The average Bonchev–Trinajstić information content (AvgIpc) is 3.30. The van der Waals surface area contributed by atoms with Gasteiger partial charge >= 0.3 is 19.8 Å². The first-order valence-electron chi connectivity index (χ1n) is 28.5. The molecule has 0 bridgehead atoms. The van der Waals surface area contributed by atoms with Crippen LogP contribution in [0.15, 0.2) is 0 Å². The van der Waals surface area contributed by atoms with Gasteiger partial charge in [0.15, 0.2) is 6.10 Å². The van der Waals surface area contributed by atoms with E-state index in [-0.39, 0.29) is 38.6 Å². The molecule has 0 aliphatic carbocycles. The fourth-order valence-corrected chi connectivity index (χ4v) is 9.52. The lowest BCUT2D eigenvalue weighted by molar-refractivity contribution is -0.161. The molecule has 0 aliphatic rings. The van der Waals surface area contributed by atoms with E-state index in [1.165, 1.54) is 238 Å². The van der Waals surface area contributed by atoms with Crippen molar-refractivity contribution in [1.82, 2.24) is 0 Å². The van der Waals surface area contributed by atoms with Crippen molar-refractivity contribution in [3.63, 3.8) is 0 Å².